The van der Waals surface area contributed by atoms with Crippen LogP contribution >= 0.6 is 11.3 Å². The van der Waals surface area contributed by atoms with E-state index in [1.807, 2.05) is 13.0 Å². The van der Waals surface area contributed by atoms with Gasteiger partial charge in [-0.05, 0) is 25.1 Å². The first-order valence-electron chi connectivity index (χ1n) is 7.35. The molecule has 0 saturated heterocycles. The van der Waals surface area contributed by atoms with Gasteiger partial charge in [0.05, 0.1) is 17.0 Å². The van der Waals surface area contributed by atoms with E-state index in [4.69, 9.17) is 5.73 Å². The Morgan fingerprint density at radius 3 is 2.58 bits per heavy atom. The summed E-state index contributed by atoms with van der Waals surface area (Å²) in [7, 11) is 0. The maximum atomic E-state index is 12.7. The number of para-hydroxylation sites is 1. The zero-order valence-corrected chi connectivity index (χ0v) is 13.8. The standard InChI is InChI=1S/C17H16N2O4S/c1-10-6-7-14(24-10)13(20)8-17(23)11-4-2-3-5-12(11)19(16(17)22)9-15(18)21/h2-7,23H,8-9H2,1H3,(H2,18,21)/t17-/m0/s1. The number of hydrogen-bond donors (Lipinski definition) is 2. The van der Waals surface area contributed by atoms with Crippen LogP contribution in [0.1, 0.15) is 26.5 Å². The molecule has 7 heteroatoms. The molecule has 0 spiro atoms. The summed E-state index contributed by atoms with van der Waals surface area (Å²) in [6.45, 7) is 1.53. The Labute approximate surface area is 142 Å². The van der Waals surface area contributed by atoms with Gasteiger partial charge in [0.15, 0.2) is 11.4 Å². The number of anilines is 1. The van der Waals surface area contributed by atoms with Gasteiger partial charge in [-0.25, -0.2) is 0 Å². The summed E-state index contributed by atoms with van der Waals surface area (Å²) in [6, 6.07) is 10.1. The lowest BCUT2D eigenvalue weighted by Crippen LogP contribution is -2.44. The van der Waals surface area contributed by atoms with Crippen LogP contribution < -0.4 is 10.6 Å². The van der Waals surface area contributed by atoms with E-state index < -0.39 is 17.4 Å². The minimum absolute atomic E-state index is 0.317. The Morgan fingerprint density at radius 2 is 1.96 bits per heavy atom. The monoisotopic (exact) mass is 344 g/mol. The number of rotatable bonds is 5. The van der Waals surface area contributed by atoms with Crippen LogP contribution in [0.15, 0.2) is 36.4 Å². The summed E-state index contributed by atoms with van der Waals surface area (Å²) in [4.78, 5) is 39.0. The van der Waals surface area contributed by atoms with E-state index in [0.717, 1.165) is 9.78 Å². The molecule has 24 heavy (non-hydrogen) atoms. The van der Waals surface area contributed by atoms with Gasteiger partial charge in [0.2, 0.25) is 5.91 Å². The van der Waals surface area contributed by atoms with Gasteiger partial charge in [-0.15, -0.1) is 11.3 Å². The van der Waals surface area contributed by atoms with Gasteiger partial charge in [0.1, 0.15) is 6.54 Å². The number of fused-ring (bicyclic) bond motifs is 1. The van der Waals surface area contributed by atoms with Crippen molar-refractivity contribution in [2.75, 3.05) is 11.4 Å². The number of carbonyl (C=O) groups is 3. The molecule has 2 aromatic rings. The van der Waals surface area contributed by atoms with Crippen molar-refractivity contribution in [3.05, 3.63) is 51.7 Å². The van der Waals surface area contributed by atoms with E-state index in [-0.39, 0.29) is 18.7 Å². The molecule has 1 aliphatic rings. The second-order valence-electron chi connectivity index (χ2n) is 5.75. The smallest absolute Gasteiger partial charge is 0.264 e. The third-order valence-corrected chi connectivity index (χ3v) is 5.03. The van der Waals surface area contributed by atoms with Gasteiger partial charge in [0.25, 0.3) is 5.91 Å². The van der Waals surface area contributed by atoms with Gasteiger partial charge in [-0.1, -0.05) is 18.2 Å². The fourth-order valence-corrected chi connectivity index (χ4v) is 3.70. The van der Waals surface area contributed by atoms with Crippen molar-refractivity contribution in [3.8, 4) is 0 Å². The molecule has 1 aromatic heterocycles. The summed E-state index contributed by atoms with van der Waals surface area (Å²) in [6.07, 6.45) is -0.377. The first-order chi connectivity index (χ1) is 11.3. The van der Waals surface area contributed by atoms with Crippen LogP contribution in [0.25, 0.3) is 0 Å². The first kappa shape index (κ1) is 16.4. The number of nitrogens with two attached hydrogens (primary N) is 1. The molecule has 1 atom stereocenters. The van der Waals surface area contributed by atoms with E-state index in [1.54, 1.807) is 30.3 Å². The van der Waals surface area contributed by atoms with E-state index >= 15 is 0 Å². The van der Waals surface area contributed by atoms with Gasteiger partial charge in [0, 0.05) is 10.4 Å². The number of amides is 2. The van der Waals surface area contributed by atoms with Gasteiger partial charge in [-0.2, -0.15) is 0 Å². The van der Waals surface area contributed by atoms with Gasteiger partial charge < -0.3 is 10.8 Å². The number of hydrogen-bond acceptors (Lipinski definition) is 5. The van der Waals surface area contributed by atoms with Gasteiger partial charge >= 0.3 is 0 Å². The fraction of sp³-hybridized carbons (Fsp3) is 0.235. The first-order valence-corrected chi connectivity index (χ1v) is 8.16. The number of carbonyl (C=O) groups excluding carboxylic acids is 3. The minimum atomic E-state index is -1.99. The second kappa shape index (κ2) is 5.85. The van der Waals surface area contributed by atoms with Crippen LogP contribution in [-0.2, 0) is 15.2 Å². The maximum absolute atomic E-state index is 12.7. The molecule has 1 aliphatic heterocycles. The molecule has 2 heterocycles. The highest BCUT2D eigenvalue weighted by Gasteiger charge is 2.51. The molecule has 124 valence electrons. The molecule has 0 aliphatic carbocycles. The molecule has 0 saturated carbocycles. The predicted octanol–water partition coefficient (Wildman–Crippen LogP) is 1.35. The average Bonchev–Trinajstić information content (AvgIpc) is 3.05. The third kappa shape index (κ3) is 2.61. The molecular weight excluding hydrogens is 328 g/mol. The Morgan fingerprint density at radius 1 is 1.25 bits per heavy atom. The number of aryl methyl sites for hydroxylation is 1. The largest absolute Gasteiger partial charge is 0.375 e. The topological polar surface area (TPSA) is 101 Å². The second-order valence-corrected chi connectivity index (χ2v) is 7.03. The SMILES string of the molecule is Cc1ccc(C(=O)C[C@@]2(O)C(=O)N(CC(N)=O)c3ccccc32)s1. The normalized spacial score (nSPS) is 19.4. The number of aliphatic hydroxyl groups is 1. The zero-order valence-electron chi connectivity index (χ0n) is 13.0. The van der Waals surface area contributed by atoms with Crippen molar-refractivity contribution in [1.82, 2.24) is 0 Å². The molecular formula is C17H16N2O4S. The lowest BCUT2D eigenvalue weighted by Gasteiger charge is -2.21. The average molecular weight is 344 g/mol. The predicted molar refractivity (Wildman–Crippen MR) is 89.9 cm³/mol. The zero-order chi connectivity index (χ0) is 17.5. The Hall–Kier alpha value is -2.51. The van der Waals surface area contributed by atoms with Gasteiger partial charge in [-0.3, -0.25) is 19.3 Å². The molecule has 3 rings (SSSR count). The molecule has 0 unspecified atom stereocenters. The number of benzene rings is 1. The van der Waals surface area contributed by atoms with Crippen LogP contribution in [0, 0.1) is 6.92 Å². The number of primary amides is 1. The van der Waals surface area contributed by atoms with Crippen molar-refractivity contribution in [3.63, 3.8) is 0 Å². The maximum Gasteiger partial charge on any atom is 0.264 e. The third-order valence-electron chi connectivity index (χ3n) is 3.98. The molecule has 3 N–H and O–H groups in total. The van der Waals surface area contributed by atoms with Crippen molar-refractivity contribution < 1.29 is 19.5 Å². The van der Waals surface area contributed by atoms with Crippen LogP contribution in [0.5, 0.6) is 0 Å². The molecule has 1 aromatic carbocycles. The molecule has 6 nitrogen and oxygen atoms in total. The van der Waals surface area contributed by atoms with Crippen molar-refractivity contribution >= 4 is 34.6 Å². The van der Waals surface area contributed by atoms with E-state index in [2.05, 4.69) is 0 Å². The molecule has 0 fully saturated rings. The highest BCUT2D eigenvalue weighted by Crippen LogP contribution is 2.42. The lowest BCUT2D eigenvalue weighted by atomic mass is 9.89. The lowest BCUT2D eigenvalue weighted by molar-refractivity contribution is -0.136. The summed E-state index contributed by atoms with van der Waals surface area (Å²) >= 11 is 1.31. The quantitative estimate of drug-likeness (QED) is 0.800. The van der Waals surface area contributed by atoms with Crippen LogP contribution in [0.2, 0.25) is 0 Å². The molecule has 2 amide bonds. The number of thiophene rings is 1. The minimum Gasteiger partial charge on any atom is -0.375 e. The van der Waals surface area contributed by atoms with Crippen molar-refractivity contribution in [1.29, 1.82) is 0 Å². The van der Waals surface area contributed by atoms with Crippen LogP contribution in [-0.4, -0.2) is 29.2 Å². The molecule has 0 radical (unpaired) electrons. The number of ketones is 1. The summed E-state index contributed by atoms with van der Waals surface area (Å²) < 4.78 is 0. The van der Waals surface area contributed by atoms with Crippen molar-refractivity contribution in [2.45, 2.75) is 18.9 Å². The summed E-state index contributed by atoms with van der Waals surface area (Å²) in [5.74, 6) is -1.72. The highest BCUT2D eigenvalue weighted by atomic mass is 32.1. The van der Waals surface area contributed by atoms with E-state index in [1.165, 1.54) is 11.3 Å². The number of nitrogens with zero attached hydrogens (tertiary/aromatic N) is 1. The van der Waals surface area contributed by atoms with E-state index in [9.17, 15) is 19.5 Å². The molecule has 0 bridgehead atoms. The van der Waals surface area contributed by atoms with Crippen LogP contribution in [0.4, 0.5) is 5.69 Å². The summed E-state index contributed by atoms with van der Waals surface area (Å²) in [5.41, 5.74) is 3.93. The van der Waals surface area contributed by atoms with E-state index in [0.29, 0.717) is 16.1 Å². The fourth-order valence-electron chi connectivity index (χ4n) is 2.89. The van der Waals surface area contributed by atoms with Crippen LogP contribution in [0.3, 0.4) is 0 Å². The number of Topliss-reactive ketones (excluding diaryl/α,β-unsaturated/α-hetero) is 1. The Kier molecular flexibility index (Phi) is 3.98. The Bertz CT molecular complexity index is 845. The highest BCUT2D eigenvalue weighted by molar-refractivity contribution is 7.14. The summed E-state index contributed by atoms with van der Waals surface area (Å²) in [5, 5.41) is 11.0. The van der Waals surface area contributed by atoms with Crippen molar-refractivity contribution in [2.24, 2.45) is 5.73 Å². The Balaban J connectivity index is 1.98.